The summed E-state index contributed by atoms with van der Waals surface area (Å²) in [6, 6.07) is 7.96. The molecule has 3 rings (SSSR count). The Morgan fingerprint density at radius 3 is 2.96 bits per heavy atom. The molecule has 0 aromatic heterocycles. The van der Waals surface area contributed by atoms with Crippen molar-refractivity contribution in [1.82, 2.24) is 5.32 Å². The number of hydrogen-bond acceptors (Lipinski definition) is 5. The summed E-state index contributed by atoms with van der Waals surface area (Å²) in [5.41, 5.74) is 6.74. The maximum atomic E-state index is 13.6. The lowest BCUT2D eigenvalue weighted by molar-refractivity contribution is -0.119. The Hall–Kier alpha value is -2.51. The molecular formula is C19H20ClFN2O4. The molecule has 8 heteroatoms. The SMILES string of the molecule is COc1cc(CN[C@H]2CCOc3ccc(F)cc32)cc(Cl)c1OCC(N)=O. The largest absolute Gasteiger partial charge is 0.493 e. The maximum Gasteiger partial charge on any atom is 0.255 e. The molecule has 0 unspecified atom stereocenters. The zero-order valence-corrected chi connectivity index (χ0v) is 15.5. The number of nitrogens with two attached hydrogens (primary N) is 1. The highest BCUT2D eigenvalue weighted by Gasteiger charge is 2.22. The summed E-state index contributed by atoms with van der Waals surface area (Å²) in [6.45, 7) is 0.741. The lowest BCUT2D eigenvalue weighted by Crippen LogP contribution is -2.27. The van der Waals surface area contributed by atoms with E-state index in [0.29, 0.717) is 29.7 Å². The van der Waals surface area contributed by atoms with E-state index in [9.17, 15) is 9.18 Å². The topological polar surface area (TPSA) is 82.8 Å². The van der Waals surface area contributed by atoms with Gasteiger partial charge < -0.3 is 25.3 Å². The average Bonchev–Trinajstić information content (AvgIpc) is 2.64. The summed E-state index contributed by atoms with van der Waals surface area (Å²) >= 11 is 6.27. The number of nitrogens with one attached hydrogen (secondary N) is 1. The van der Waals surface area contributed by atoms with E-state index in [1.54, 1.807) is 18.2 Å². The van der Waals surface area contributed by atoms with Crippen LogP contribution in [0.4, 0.5) is 4.39 Å². The minimum Gasteiger partial charge on any atom is -0.493 e. The van der Waals surface area contributed by atoms with Crippen LogP contribution in [0.25, 0.3) is 0 Å². The highest BCUT2D eigenvalue weighted by molar-refractivity contribution is 6.32. The molecule has 0 spiro atoms. The van der Waals surface area contributed by atoms with Gasteiger partial charge in [0.15, 0.2) is 18.1 Å². The second-order valence-corrected chi connectivity index (χ2v) is 6.52. The van der Waals surface area contributed by atoms with E-state index in [-0.39, 0.29) is 24.2 Å². The first-order valence-corrected chi connectivity index (χ1v) is 8.79. The normalized spacial score (nSPS) is 15.6. The molecule has 1 heterocycles. The Bertz CT molecular complexity index is 847. The van der Waals surface area contributed by atoms with Crippen LogP contribution in [0.2, 0.25) is 5.02 Å². The lowest BCUT2D eigenvalue weighted by atomic mass is 10.00. The number of ether oxygens (including phenoxy) is 3. The van der Waals surface area contributed by atoms with Crippen molar-refractivity contribution in [3.8, 4) is 17.2 Å². The van der Waals surface area contributed by atoms with Crippen LogP contribution in [0.5, 0.6) is 17.2 Å². The fraction of sp³-hybridized carbons (Fsp3) is 0.316. The van der Waals surface area contributed by atoms with Gasteiger partial charge in [0, 0.05) is 24.6 Å². The highest BCUT2D eigenvalue weighted by Crippen LogP contribution is 2.37. The van der Waals surface area contributed by atoms with E-state index in [2.05, 4.69) is 5.32 Å². The number of methoxy groups -OCH3 is 1. The van der Waals surface area contributed by atoms with Crippen LogP contribution in [-0.2, 0) is 11.3 Å². The molecule has 144 valence electrons. The molecule has 0 radical (unpaired) electrons. The van der Waals surface area contributed by atoms with Crippen LogP contribution in [0, 0.1) is 5.82 Å². The third-order valence-corrected chi connectivity index (χ3v) is 4.49. The van der Waals surface area contributed by atoms with Gasteiger partial charge in [-0.1, -0.05) is 11.6 Å². The number of halogens is 2. The molecule has 3 N–H and O–H groups in total. The van der Waals surface area contributed by atoms with E-state index >= 15 is 0 Å². The molecule has 1 atom stereocenters. The monoisotopic (exact) mass is 394 g/mol. The third kappa shape index (κ3) is 4.61. The van der Waals surface area contributed by atoms with Crippen molar-refractivity contribution in [2.45, 2.75) is 19.0 Å². The molecule has 1 amide bonds. The average molecular weight is 395 g/mol. The van der Waals surface area contributed by atoms with Crippen molar-refractivity contribution >= 4 is 17.5 Å². The second kappa shape index (κ2) is 8.45. The van der Waals surface area contributed by atoms with Crippen molar-refractivity contribution in [1.29, 1.82) is 0 Å². The van der Waals surface area contributed by atoms with Crippen molar-refractivity contribution < 1.29 is 23.4 Å². The minimum absolute atomic E-state index is 0.0417. The minimum atomic E-state index is -0.607. The first-order valence-electron chi connectivity index (χ1n) is 8.41. The van der Waals surface area contributed by atoms with Crippen LogP contribution in [0.3, 0.4) is 0 Å². The van der Waals surface area contributed by atoms with Gasteiger partial charge in [-0.2, -0.15) is 0 Å². The van der Waals surface area contributed by atoms with Crippen molar-refractivity contribution in [3.05, 3.63) is 52.3 Å². The summed E-state index contributed by atoms with van der Waals surface area (Å²) < 4.78 is 29.8. The number of carbonyl (C=O) groups excluding carboxylic acids is 1. The highest BCUT2D eigenvalue weighted by atomic mass is 35.5. The number of hydrogen-bond donors (Lipinski definition) is 2. The number of primary amides is 1. The smallest absolute Gasteiger partial charge is 0.255 e. The quantitative estimate of drug-likeness (QED) is 0.754. The van der Waals surface area contributed by atoms with E-state index in [0.717, 1.165) is 17.5 Å². The lowest BCUT2D eigenvalue weighted by Gasteiger charge is -2.27. The van der Waals surface area contributed by atoms with Crippen LogP contribution in [0.1, 0.15) is 23.6 Å². The summed E-state index contributed by atoms with van der Waals surface area (Å²) in [5, 5.41) is 3.70. The Kier molecular flexibility index (Phi) is 6.03. The van der Waals surface area contributed by atoms with Gasteiger partial charge >= 0.3 is 0 Å². The second-order valence-electron chi connectivity index (χ2n) is 6.12. The standard InChI is InChI=1S/C19H20ClFN2O4/c1-25-17-7-11(6-14(20)19(17)27-10-18(22)24)9-23-15-4-5-26-16-3-2-12(21)8-13(15)16/h2-3,6-8,15,23H,4-5,9-10H2,1H3,(H2,22,24)/t15-/m0/s1. The summed E-state index contributed by atoms with van der Waals surface area (Å²) in [4.78, 5) is 10.9. The molecule has 6 nitrogen and oxygen atoms in total. The predicted octanol–water partition coefficient (Wildman–Crippen LogP) is 2.97. The van der Waals surface area contributed by atoms with Crippen molar-refractivity contribution in [2.75, 3.05) is 20.3 Å². The predicted molar refractivity (Wildman–Crippen MR) is 98.8 cm³/mol. The molecule has 2 aromatic rings. The van der Waals surface area contributed by atoms with Gasteiger partial charge in [-0.3, -0.25) is 4.79 Å². The summed E-state index contributed by atoms with van der Waals surface area (Å²) in [6.07, 6.45) is 0.723. The Balaban J connectivity index is 1.74. The van der Waals surface area contributed by atoms with Crippen LogP contribution in [0.15, 0.2) is 30.3 Å². The van der Waals surface area contributed by atoms with E-state index < -0.39 is 5.91 Å². The number of rotatable bonds is 7. The third-order valence-electron chi connectivity index (χ3n) is 4.21. The molecule has 0 bridgehead atoms. The van der Waals surface area contributed by atoms with Gasteiger partial charge in [-0.05, 0) is 35.9 Å². The van der Waals surface area contributed by atoms with Crippen LogP contribution in [-0.4, -0.2) is 26.2 Å². The summed E-state index contributed by atoms with van der Waals surface area (Å²) in [5.74, 6) is 0.445. The van der Waals surface area contributed by atoms with Crippen LogP contribution < -0.4 is 25.3 Å². The number of amides is 1. The maximum absolute atomic E-state index is 13.6. The van der Waals surface area contributed by atoms with E-state index in [1.165, 1.54) is 19.2 Å². The molecule has 0 saturated carbocycles. The van der Waals surface area contributed by atoms with E-state index in [4.69, 9.17) is 31.5 Å². The Labute approximate surface area is 161 Å². The summed E-state index contributed by atoms with van der Waals surface area (Å²) in [7, 11) is 1.48. The number of benzene rings is 2. The molecule has 1 aliphatic rings. The van der Waals surface area contributed by atoms with Gasteiger partial charge in [0.05, 0.1) is 18.7 Å². The molecule has 27 heavy (non-hydrogen) atoms. The molecular weight excluding hydrogens is 375 g/mol. The zero-order chi connectivity index (χ0) is 19.4. The van der Waals surface area contributed by atoms with Crippen LogP contribution >= 0.6 is 11.6 Å². The van der Waals surface area contributed by atoms with Gasteiger partial charge in [0.2, 0.25) is 0 Å². The first-order chi connectivity index (χ1) is 13.0. The van der Waals surface area contributed by atoms with Gasteiger partial charge in [-0.25, -0.2) is 4.39 Å². The Morgan fingerprint density at radius 1 is 1.41 bits per heavy atom. The zero-order valence-electron chi connectivity index (χ0n) is 14.8. The number of carbonyl (C=O) groups is 1. The van der Waals surface area contributed by atoms with Crippen molar-refractivity contribution in [3.63, 3.8) is 0 Å². The molecule has 0 aliphatic carbocycles. The van der Waals surface area contributed by atoms with Gasteiger partial charge in [-0.15, -0.1) is 0 Å². The fourth-order valence-corrected chi connectivity index (χ4v) is 3.26. The fourth-order valence-electron chi connectivity index (χ4n) is 2.98. The van der Waals surface area contributed by atoms with E-state index in [1.807, 2.05) is 0 Å². The molecule has 0 saturated heterocycles. The molecule has 0 fully saturated rings. The van der Waals surface area contributed by atoms with Gasteiger partial charge in [0.25, 0.3) is 5.91 Å². The van der Waals surface area contributed by atoms with Gasteiger partial charge in [0.1, 0.15) is 11.6 Å². The molecule has 2 aromatic carbocycles. The first kappa shape index (κ1) is 19.3. The number of fused-ring (bicyclic) bond motifs is 1. The van der Waals surface area contributed by atoms with Crippen molar-refractivity contribution in [2.24, 2.45) is 5.73 Å². The molecule has 1 aliphatic heterocycles. The Morgan fingerprint density at radius 2 is 2.22 bits per heavy atom.